The maximum Gasteiger partial charge on any atom is -0.0363 e. The van der Waals surface area contributed by atoms with Crippen LogP contribution in [-0.2, 0) is 0 Å². The van der Waals surface area contributed by atoms with Gasteiger partial charge in [-0.2, -0.15) is 0 Å². The van der Waals surface area contributed by atoms with E-state index in [-0.39, 0.29) is 0 Å². The molecule has 0 nitrogen and oxygen atoms in total. The van der Waals surface area contributed by atoms with E-state index >= 15 is 0 Å². The van der Waals surface area contributed by atoms with Crippen molar-refractivity contribution < 1.29 is 0 Å². The lowest BCUT2D eigenvalue weighted by Crippen LogP contribution is -2.19. The molecule has 0 bridgehead atoms. The highest BCUT2D eigenvalue weighted by Crippen LogP contribution is 2.29. The fourth-order valence-corrected chi connectivity index (χ4v) is 2.01. The predicted octanol–water partition coefficient (Wildman–Crippen LogP) is 6.79. The first-order valence-electron chi connectivity index (χ1n) is 7.90. The maximum absolute atomic E-state index is 2.40. The Morgan fingerprint density at radius 2 is 1.12 bits per heavy atom. The maximum atomic E-state index is 2.40. The van der Waals surface area contributed by atoms with Gasteiger partial charge in [0.05, 0.1) is 0 Å². The molecule has 17 heavy (non-hydrogen) atoms. The van der Waals surface area contributed by atoms with Gasteiger partial charge < -0.3 is 0 Å². The summed E-state index contributed by atoms with van der Waals surface area (Å²) >= 11 is 0. The van der Waals surface area contributed by atoms with Gasteiger partial charge in [0.1, 0.15) is 0 Å². The highest BCUT2D eigenvalue weighted by atomic mass is 14.3. The van der Waals surface area contributed by atoms with E-state index in [0.29, 0.717) is 0 Å². The van der Waals surface area contributed by atoms with Crippen molar-refractivity contribution in [2.75, 3.05) is 0 Å². The Balaban J connectivity index is -0.000000337. The molecule has 0 aliphatic rings. The molecular weight excluding hydrogens is 204 g/mol. The average Bonchev–Trinajstić information content (AvgIpc) is 2.28. The van der Waals surface area contributed by atoms with Gasteiger partial charge in [-0.3, -0.25) is 0 Å². The highest BCUT2D eigenvalue weighted by molar-refractivity contribution is 4.70. The van der Waals surface area contributed by atoms with Gasteiger partial charge in [-0.05, 0) is 30.1 Å². The predicted molar refractivity (Wildman–Crippen MR) is 84.6 cm³/mol. The summed E-state index contributed by atoms with van der Waals surface area (Å²) in [4.78, 5) is 0. The van der Waals surface area contributed by atoms with Gasteiger partial charge in [-0.25, -0.2) is 0 Å². The molecule has 0 saturated carbocycles. The molecule has 0 saturated heterocycles. The second-order valence-corrected chi connectivity index (χ2v) is 5.63. The summed E-state index contributed by atoms with van der Waals surface area (Å²) in [5, 5.41) is 0. The molecule has 0 N–H and O–H groups in total. The Hall–Kier alpha value is 0. The van der Waals surface area contributed by atoms with Crippen LogP contribution in [0, 0.1) is 23.7 Å². The summed E-state index contributed by atoms with van der Waals surface area (Å²) in [6.07, 6.45) is 3.97. The molecule has 2 unspecified atom stereocenters. The van der Waals surface area contributed by atoms with Crippen molar-refractivity contribution in [2.45, 2.75) is 88.5 Å². The Morgan fingerprint density at radius 1 is 0.765 bits per heavy atom. The molecule has 0 heteroatoms. The van der Waals surface area contributed by atoms with Crippen LogP contribution in [0.5, 0.6) is 0 Å². The summed E-state index contributed by atoms with van der Waals surface area (Å²) in [6.45, 7) is 22.3. The lowest BCUT2D eigenvalue weighted by molar-refractivity contribution is 0.222. The lowest BCUT2D eigenvalue weighted by Gasteiger charge is -2.28. The van der Waals surface area contributed by atoms with Crippen molar-refractivity contribution in [1.29, 1.82) is 0 Å². The largest absolute Gasteiger partial charge is 0.0683 e. The van der Waals surface area contributed by atoms with E-state index in [1.165, 1.54) is 19.3 Å². The molecule has 0 amide bonds. The van der Waals surface area contributed by atoms with Crippen molar-refractivity contribution in [3.63, 3.8) is 0 Å². The third-order valence-corrected chi connectivity index (χ3v) is 2.97. The molecule has 0 radical (unpaired) electrons. The smallest absolute Gasteiger partial charge is 0.0363 e. The monoisotopic (exact) mass is 244 g/mol. The topological polar surface area (TPSA) is 0 Å². The van der Waals surface area contributed by atoms with Crippen molar-refractivity contribution in [2.24, 2.45) is 23.7 Å². The summed E-state index contributed by atoms with van der Waals surface area (Å²) in [5.41, 5.74) is 0. The summed E-state index contributed by atoms with van der Waals surface area (Å²) in [7, 11) is 0. The first kappa shape index (κ1) is 22.2. The minimum absolute atomic E-state index is 0.849. The van der Waals surface area contributed by atoms with Crippen LogP contribution in [0.1, 0.15) is 88.5 Å². The zero-order valence-corrected chi connectivity index (χ0v) is 14.4. The van der Waals surface area contributed by atoms with Crippen LogP contribution in [0.2, 0.25) is 0 Å². The molecule has 0 heterocycles. The fraction of sp³-hybridized carbons (Fsp3) is 1.00. The Morgan fingerprint density at radius 3 is 1.29 bits per heavy atom. The van der Waals surface area contributed by atoms with Crippen LogP contribution in [0.25, 0.3) is 0 Å². The normalized spacial score (nSPS) is 13.4. The minimum Gasteiger partial charge on any atom is -0.0683 e. The van der Waals surface area contributed by atoms with Crippen LogP contribution in [-0.4, -0.2) is 0 Å². The van der Waals surface area contributed by atoms with Gasteiger partial charge in [-0.1, -0.05) is 82.1 Å². The quantitative estimate of drug-likeness (QED) is 0.499. The van der Waals surface area contributed by atoms with E-state index in [1.54, 1.807) is 0 Å². The SMILES string of the molecule is CC.CCC.CCC(C)C(CC(C)C)C(C)C. The van der Waals surface area contributed by atoms with E-state index in [4.69, 9.17) is 0 Å². The summed E-state index contributed by atoms with van der Waals surface area (Å²) in [5.74, 6) is 3.52. The first-order chi connectivity index (χ1) is 7.90. The third kappa shape index (κ3) is 16.0. The van der Waals surface area contributed by atoms with Gasteiger partial charge in [0.25, 0.3) is 0 Å². The van der Waals surface area contributed by atoms with Crippen LogP contribution in [0.4, 0.5) is 0 Å². The van der Waals surface area contributed by atoms with Crippen molar-refractivity contribution >= 4 is 0 Å². The molecule has 0 aliphatic carbocycles. The van der Waals surface area contributed by atoms with E-state index in [2.05, 4.69) is 55.4 Å². The number of hydrogen-bond donors (Lipinski definition) is 0. The molecule has 0 aromatic rings. The highest BCUT2D eigenvalue weighted by Gasteiger charge is 2.20. The summed E-state index contributed by atoms with van der Waals surface area (Å²) < 4.78 is 0. The van der Waals surface area contributed by atoms with E-state index in [9.17, 15) is 0 Å². The van der Waals surface area contributed by atoms with Gasteiger partial charge in [0, 0.05) is 0 Å². The Kier molecular flexibility index (Phi) is 20.9. The van der Waals surface area contributed by atoms with E-state index in [1.807, 2.05) is 13.8 Å². The third-order valence-electron chi connectivity index (χ3n) is 2.97. The first-order valence-corrected chi connectivity index (χ1v) is 7.90. The zero-order chi connectivity index (χ0) is 14.4. The number of hydrogen-bond acceptors (Lipinski definition) is 0. The lowest BCUT2D eigenvalue weighted by atomic mass is 9.78. The molecule has 0 aromatic carbocycles. The summed E-state index contributed by atoms with van der Waals surface area (Å²) in [6, 6.07) is 0. The standard InChI is InChI=1S/C12H26.C3H8.C2H6/c1-7-11(6)12(10(4)5)8-9(2)3;1-3-2;1-2/h9-12H,7-8H2,1-6H3;3H2,1-2H3;1-2H3. The van der Waals surface area contributed by atoms with Crippen molar-refractivity contribution in [3.05, 3.63) is 0 Å². The molecule has 0 aliphatic heterocycles. The van der Waals surface area contributed by atoms with Gasteiger partial charge >= 0.3 is 0 Å². The number of rotatable bonds is 5. The molecule has 0 aromatic heterocycles. The van der Waals surface area contributed by atoms with Gasteiger partial charge in [0.2, 0.25) is 0 Å². The Labute approximate surface area is 113 Å². The molecular formula is C17H40. The second-order valence-electron chi connectivity index (χ2n) is 5.63. The zero-order valence-electron chi connectivity index (χ0n) is 14.4. The molecule has 0 fully saturated rings. The van der Waals surface area contributed by atoms with Crippen LogP contribution in [0.3, 0.4) is 0 Å². The molecule has 2 atom stereocenters. The Bertz CT molecular complexity index is 113. The van der Waals surface area contributed by atoms with Gasteiger partial charge in [-0.15, -0.1) is 0 Å². The molecule has 0 rings (SSSR count). The van der Waals surface area contributed by atoms with Crippen molar-refractivity contribution in [3.8, 4) is 0 Å². The molecule has 108 valence electrons. The van der Waals surface area contributed by atoms with E-state index < -0.39 is 0 Å². The van der Waals surface area contributed by atoms with Gasteiger partial charge in [0.15, 0.2) is 0 Å². The second kappa shape index (κ2) is 16.0. The van der Waals surface area contributed by atoms with Crippen LogP contribution < -0.4 is 0 Å². The fourth-order valence-electron chi connectivity index (χ4n) is 2.01. The minimum atomic E-state index is 0.849. The molecule has 0 spiro atoms. The van der Waals surface area contributed by atoms with Crippen molar-refractivity contribution in [1.82, 2.24) is 0 Å². The van der Waals surface area contributed by atoms with Crippen LogP contribution in [0.15, 0.2) is 0 Å². The van der Waals surface area contributed by atoms with E-state index in [0.717, 1.165) is 23.7 Å². The average molecular weight is 245 g/mol. The van der Waals surface area contributed by atoms with Crippen LogP contribution >= 0.6 is 0 Å².